The lowest BCUT2D eigenvalue weighted by molar-refractivity contribution is 0.530. The first-order chi connectivity index (χ1) is 8.40. The SMILES string of the molecule is Cc1cc(S(=O)(=O)NCC2CCCC2Br)sc1Cl. The standard InChI is InChI=1S/C11H15BrClNO2S2/c1-7-5-10(17-11(7)13)18(15,16)14-6-8-3-2-4-9(8)12/h5,8-9,14H,2-4,6H2,1H3. The van der Waals surface area contributed by atoms with Gasteiger partial charge >= 0.3 is 0 Å². The summed E-state index contributed by atoms with van der Waals surface area (Å²) < 4.78 is 27.7. The maximum absolute atomic E-state index is 12.1. The van der Waals surface area contributed by atoms with Crippen LogP contribution in [0.1, 0.15) is 24.8 Å². The maximum atomic E-state index is 12.1. The number of hydrogen-bond donors (Lipinski definition) is 1. The molecule has 1 aromatic rings. The van der Waals surface area contributed by atoms with Crippen LogP contribution in [0, 0.1) is 12.8 Å². The Morgan fingerprint density at radius 3 is 2.78 bits per heavy atom. The fourth-order valence-electron chi connectivity index (χ4n) is 2.07. The lowest BCUT2D eigenvalue weighted by atomic mass is 10.1. The molecule has 1 aliphatic carbocycles. The van der Waals surface area contributed by atoms with Crippen LogP contribution in [0.4, 0.5) is 0 Å². The summed E-state index contributed by atoms with van der Waals surface area (Å²) in [5, 5.41) is 0. The Balaban J connectivity index is 2.03. The van der Waals surface area contributed by atoms with Crippen molar-refractivity contribution in [1.29, 1.82) is 0 Å². The molecule has 1 aromatic heterocycles. The van der Waals surface area contributed by atoms with Gasteiger partial charge in [0, 0.05) is 11.4 Å². The summed E-state index contributed by atoms with van der Waals surface area (Å²) in [7, 11) is -3.41. The summed E-state index contributed by atoms with van der Waals surface area (Å²) in [5.41, 5.74) is 0.807. The van der Waals surface area contributed by atoms with Crippen molar-refractivity contribution >= 4 is 48.9 Å². The van der Waals surface area contributed by atoms with Crippen LogP contribution in [0.15, 0.2) is 10.3 Å². The van der Waals surface area contributed by atoms with Crippen molar-refractivity contribution in [2.45, 2.75) is 35.2 Å². The molecule has 0 spiro atoms. The molecule has 0 aromatic carbocycles. The summed E-state index contributed by atoms with van der Waals surface area (Å²) in [4.78, 5) is 0.425. The Kier molecular flexibility index (Phi) is 4.75. The molecular formula is C11H15BrClNO2S2. The molecule has 0 aliphatic heterocycles. The van der Waals surface area contributed by atoms with E-state index in [0.29, 0.717) is 25.8 Å². The van der Waals surface area contributed by atoms with Gasteiger partial charge in [-0.15, -0.1) is 11.3 Å². The molecule has 1 N–H and O–H groups in total. The smallest absolute Gasteiger partial charge is 0.210 e. The van der Waals surface area contributed by atoms with Crippen LogP contribution < -0.4 is 4.72 Å². The third-order valence-electron chi connectivity index (χ3n) is 3.20. The Bertz CT molecular complexity index is 510. The summed E-state index contributed by atoms with van der Waals surface area (Å²) in [5.74, 6) is 0.385. The van der Waals surface area contributed by atoms with Crippen LogP contribution >= 0.6 is 38.9 Å². The summed E-state index contributed by atoms with van der Waals surface area (Å²) in [6.07, 6.45) is 3.35. The minimum absolute atomic E-state index is 0.300. The van der Waals surface area contributed by atoms with Gasteiger partial charge in [-0.1, -0.05) is 34.0 Å². The first-order valence-electron chi connectivity index (χ1n) is 5.80. The lowest BCUT2D eigenvalue weighted by Gasteiger charge is -2.14. The van der Waals surface area contributed by atoms with Gasteiger partial charge in [0.2, 0.25) is 10.0 Å². The average molecular weight is 373 g/mol. The second-order valence-electron chi connectivity index (χ2n) is 4.58. The third kappa shape index (κ3) is 3.28. The van der Waals surface area contributed by atoms with Gasteiger partial charge < -0.3 is 0 Å². The van der Waals surface area contributed by atoms with E-state index in [9.17, 15) is 8.42 Å². The molecule has 18 heavy (non-hydrogen) atoms. The average Bonchev–Trinajstić information content (AvgIpc) is 2.84. The van der Waals surface area contributed by atoms with Gasteiger partial charge in [-0.3, -0.25) is 0 Å². The normalized spacial score (nSPS) is 24.6. The number of alkyl halides is 1. The van der Waals surface area contributed by atoms with Gasteiger partial charge in [-0.25, -0.2) is 13.1 Å². The van der Waals surface area contributed by atoms with Crippen molar-refractivity contribution in [2.24, 2.45) is 5.92 Å². The highest BCUT2D eigenvalue weighted by atomic mass is 79.9. The van der Waals surface area contributed by atoms with E-state index in [1.54, 1.807) is 6.07 Å². The van der Waals surface area contributed by atoms with E-state index in [0.717, 1.165) is 36.2 Å². The largest absolute Gasteiger partial charge is 0.250 e. The first kappa shape index (κ1) is 14.8. The van der Waals surface area contributed by atoms with E-state index in [2.05, 4.69) is 20.7 Å². The van der Waals surface area contributed by atoms with E-state index in [1.165, 1.54) is 0 Å². The zero-order chi connectivity index (χ0) is 13.3. The second kappa shape index (κ2) is 5.79. The number of hydrogen-bond acceptors (Lipinski definition) is 3. The highest BCUT2D eigenvalue weighted by Gasteiger charge is 2.27. The number of halogens is 2. The van der Waals surface area contributed by atoms with Gasteiger partial charge in [0.15, 0.2) is 0 Å². The van der Waals surface area contributed by atoms with E-state index >= 15 is 0 Å². The van der Waals surface area contributed by atoms with Gasteiger partial charge in [-0.05, 0) is 37.3 Å². The third-order valence-corrected chi connectivity index (χ3v) is 7.86. The minimum Gasteiger partial charge on any atom is -0.210 e. The molecule has 1 fully saturated rings. The monoisotopic (exact) mass is 371 g/mol. The molecule has 3 nitrogen and oxygen atoms in total. The van der Waals surface area contributed by atoms with Crippen molar-refractivity contribution in [3.05, 3.63) is 16.0 Å². The van der Waals surface area contributed by atoms with Crippen LogP contribution in [0.5, 0.6) is 0 Å². The molecular weight excluding hydrogens is 358 g/mol. The topological polar surface area (TPSA) is 46.2 Å². The fraction of sp³-hybridized carbons (Fsp3) is 0.636. The number of nitrogens with one attached hydrogen (secondary N) is 1. The number of sulfonamides is 1. The fourth-order valence-corrected chi connectivity index (χ4v) is 5.70. The highest BCUT2D eigenvalue weighted by molar-refractivity contribution is 9.09. The van der Waals surface area contributed by atoms with Gasteiger partial charge in [-0.2, -0.15) is 0 Å². The van der Waals surface area contributed by atoms with E-state index < -0.39 is 10.0 Å². The molecule has 1 aliphatic rings. The van der Waals surface area contributed by atoms with Crippen LogP contribution in [0.25, 0.3) is 0 Å². The van der Waals surface area contributed by atoms with Crippen LogP contribution in [-0.2, 0) is 10.0 Å². The lowest BCUT2D eigenvalue weighted by Crippen LogP contribution is -2.30. The Morgan fingerprint density at radius 1 is 1.56 bits per heavy atom. The molecule has 0 radical (unpaired) electrons. The van der Waals surface area contributed by atoms with Crippen molar-refractivity contribution in [3.63, 3.8) is 0 Å². The Labute approximate surface area is 125 Å². The predicted molar refractivity (Wildman–Crippen MR) is 79.3 cm³/mol. The quantitative estimate of drug-likeness (QED) is 0.822. The Morgan fingerprint density at radius 2 is 2.28 bits per heavy atom. The zero-order valence-corrected chi connectivity index (χ0v) is 13.9. The van der Waals surface area contributed by atoms with Gasteiger partial charge in [0.05, 0.1) is 4.34 Å². The molecule has 0 amide bonds. The van der Waals surface area contributed by atoms with Crippen molar-refractivity contribution in [1.82, 2.24) is 4.72 Å². The van der Waals surface area contributed by atoms with E-state index in [1.807, 2.05) is 6.92 Å². The van der Waals surface area contributed by atoms with Crippen molar-refractivity contribution < 1.29 is 8.42 Å². The summed E-state index contributed by atoms with van der Waals surface area (Å²) in [6.45, 7) is 2.30. The molecule has 1 heterocycles. The molecule has 2 unspecified atom stereocenters. The molecule has 0 saturated heterocycles. The number of aryl methyl sites for hydroxylation is 1. The number of thiophene rings is 1. The van der Waals surface area contributed by atoms with Crippen molar-refractivity contribution in [2.75, 3.05) is 6.54 Å². The Hall–Kier alpha value is 0.380. The zero-order valence-electron chi connectivity index (χ0n) is 9.95. The number of rotatable bonds is 4. The highest BCUT2D eigenvalue weighted by Crippen LogP contribution is 2.32. The van der Waals surface area contributed by atoms with Gasteiger partial charge in [0.25, 0.3) is 0 Å². The summed E-state index contributed by atoms with van der Waals surface area (Å²) >= 11 is 10.6. The predicted octanol–water partition coefficient (Wildman–Crippen LogP) is 3.55. The minimum atomic E-state index is -3.41. The molecule has 2 rings (SSSR count). The van der Waals surface area contributed by atoms with E-state index in [-0.39, 0.29) is 0 Å². The maximum Gasteiger partial charge on any atom is 0.250 e. The molecule has 1 saturated carbocycles. The van der Waals surface area contributed by atoms with Crippen molar-refractivity contribution in [3.8, 4) is 0 Å². The molecule has 7 heteroatoms. The van der Waals surface area contributed by atoms with Crippen LogP contribution in [0.2, 0.25) is 4.34 Å². The molecule has 0 bridgehead atoms. The molecule has 102 valence electrons. The molecule has 2 atom stereocenters. The van der Waals surface area contributed by atoms with Crippen LogP contribution in [0.3, 0.4) is 0 Å². The second-order valence-corrected chi connectivity index (χ2v) is 9.41. The summed E-state index contributed by atoms with van der Waals surface area (Å²) in [6, 6.07) is 1.62. The van der Waals surface area contributed by atoms with Crippen LogP contribution in [-0.4, -0.2) is 19.8 Å². The first-order valence-corrected chi connectivity index (χ1v) is 9.39. The van der Waals surface area contributed by atoms with E-state index in [4.69, 9.17) is 11.6 Å². The van der Waals surface area contributed by atoms with Gasteiger partial charge in [0.1, 0.15) is 4.21 Å².